The lowest BCUT2D eigenvalue weighted by molar-refractivity contribution is 0.00849. The molecule has 1 rings (SSSR count). The topological polar surface area (TPSA) is 21.3 Å². The third-order valence-electron chi connectivity index (χ3n) is 3.50. The summed E-state index contributed by atoms with van der Waals surface area (Å²) in [5.74, 6) is 0. The SMILES string of the molecule is CCCCC1(CNC(C)C)CCOCC1. The second-order valence-electron chi connectivity index (χ2n) is 5.25. The van der Waals surface area contributed by atoms with E-state index in [1.54, 1.807) is 0 Å². The van der Waals surface area contributed by atoms with Crippen LogP contribution in [-0.2, 0) is 4.74 Å². The largest absolute Gasteiger partial charge is 0.381 e. The molecule has 0 bridgehead atoms. The van der Waals surface area contributed by atoms with Gasteiger partial charge < -0.3 is 10.1 Å². The van der Waals surface area contributed by atoms with E-state index >= 15 is 0 Å². The van der Waals surface area contributed by atoms with Crippen LogP contribution in [0, 0.1) is 5.41 Å². The molecule has 1 aliphatic rings. The minimum atomic E-state index is 0.526. The second kappa shape index (κ2) is 6.49. The average molecular weight is 213 g/mol. The molecule has 1 saturated heterocycles. The van der Waals surface area contributed by atoms with Crippen LogP contribution in [-0.4, -0.2) is 25.8 Å². The zero-order valence-electron chi connectivity index (χ0n) is 10.6. The zero-order valence-corrected chi connectivity index (χ0v) is 10.6. The summed E-state index contributed by atoms with van der Waals surface area (Å²) in [6, 6.07) is 0.603. The van der Waals surface area contributed by atoms with Crippen LogP contribution in [0.25, 0.3) is 0 Å². The molecule has 0 saturated carbocycles. The maximum Gasteiger partial charge on any atom is 0.0471 e. The minimum Gasteiger partial charge on any atom is -0.381 e. The first-order chi connectivity index (χ1) is 7.18. The molecule has 2 heteroatoms. The normalized spacial score (nSPS) is 20.8. The van der Waals surface area contributed by atoms with Crippen molar-refractivity contribution in [2.45, 2.75) is 58.9 Å². The summed E-state index contributed by atoms with van der Waals surface area (Å²) in [5, 5.41) is 3.61. The highest BCUT2D eigenvalue weighted by Crippen LogP contribution is 2.35. The first kappa shape index (κ1) is 13.0. The van der Waals surface area contributed by atoms with Crippen LogP contribution < -0.4 is 5.32 Å². The van der Waals surface area contributed by atoms with Crippen LogP contribution in [0.15, 0.2) is 0 Å². The summed E-state index contributed by atoms with van der Waals surface area (Å²) in [4.78, 5) is 0. The van der Waals surface area contributed by atoms with Gasteiger partial charge in [0, 0.05) is 25.8 Å². The number of ether oxygens (including phenoxy) is 1. The summed E-state index contributed by atoms with van der Waals surface area (Å²) in [7, 11) is 0. The van der Waals surface area contributed by atoms with Gasteiger partial charge in [0.25, 0.3) is 0 Å². The van der Waals surface area contributed by atoms with Gasteiger partial charge in [-0.3, -0.25) is 0 Å². The highest BCUT2D eigenvalue weighted by atomic mass is 16.5. The molecular weight excluding hydrogens is 186 g/mol. The van der Waals surface area contributed by atoms with E-state index in [1.165, 1.54) is 38.6 Å². The molecule has 1 fully saturated rings. The maximum atomic E-state index is 5.48. The van der Waals surface area contributed by atoms with Gasteiger partial charge in [-0.05, 0) is 24.7 Å². The van der Waals surface area contributed by atoms with Crippen LogP contribution >= 0.6 is 0 Å². The minimum absolute atomic E-state index is 0.526. The smallest absolute Gasteiger partial charge is 0.0471 e. The summed E-state index contributed by atoms with van der Waals surface area (Å²) in [5.41, 5.74) is 0.526. The summed E-state index contributed by atoms with van der Waals surface area (Å²) >= 11 is 0. The number of nitrogens with one attached hydrogen (secondary N) is 1. The Balaban J connectivity index is 2.42. The highest BCUT2D eigenvalue weighted by Gasteiger charge is 2.31. The molecule has 0 aromatic heterocycles. The summed E-state index contributed by atoms with van der Waals surface area (Å²) < 4.78 is 5.48. The monoisotopic (exact) mass is 213 g/mol. The zero-order chi connectivity index (χ0) is 11.1. The highest BCUT2D eigenvalue weighted by molar-refractivity contribution is 4.84. The maximum absolute atomic E-state index is 5.48. The van der Waals surface area contributed by atoms with Gasteiger partial charge in [-0.25, -0.2) is 0 Å². The predicted molar refractivity (Wildman–Crippen MR) is 65.1 cm³/mol. The molecule has 0 aromatic rings. The number of unbranched alkanes of at least 4 members (excludes halogenated alkanes) is 1. The van der Waals surface area contributed by atoms with Gasteiger partial charge in [-0.2, -0.15) is 0 Å². The predicted octanol–water partition coefficient (Wildman–Crippen LogP) is 2.97. The quantitative estimate of drug-likeness (QED) is 0.732. The molecule has 0 atom stereocenters. The van der Waals surface area contributed by atoms with E-state index in [0.717, 1.165) is 13.2 Å². The molecule has 90 valence electrons. The van der Waals surface area contributed by atoms with E-state index in [-0.39, 0.29) is 0 Å². The second-order valence-corrected chi connectivity index (χ2v) is 5.25. The Morgan fingerprint density at radius 2 is 1.93 bits per heavy atom. The van der Waals surface area contributed by atoms with Crippen molar-refractivity contribution < 1.29 is 4.74 Å². The molecule has 1 N–H and O–H groups in total. The lowest BCUT2D eigenvalue weighted by atomic mass is 9.76. The van der Waals surface area contributed by atoms with Gasteiger partial charge in [0.15, 0.2) is 0 Å². The van der Waals surface area contributed by atoms with Crippen molar-refractivity contribution in [3.63, 3.8) is 0 Å². The number of hydrogen-bond donors (Lipinski definition) is 1. The van der Waals surface area contributed by atoms with Crippen molar-refractivity contribution in [1.29, 1.82) is 0 Å². The standard InChI is InChI=1S/C13H27NO/c1-4-5-6-13(11-14-12(2)3)7-9-15-10-8-13/h12,14H,4-11H2,1-3H3. The molecule has 2 nitrogen and oxygen atoms in total. The third kappa shape index (κ3) is 4.52. The van der Waals surface area contributed by atoms with Gasteiger partial charge in [-0.15, -0.1) is 0 Å². The molecule has 15 heavy (non-hydrogen) atoms. The molecule has 1 heterocycles. The van der Waals surface area contributed by atoms with Crippen LogP contribution in [0.4, 0.5) is 0 Å². The Labute approximate surface area is 94.8 Å². The van der Waals surface area contributed by atoms with E-state index in [9.17, 15) is 0 Å². The van der Waals surface area contributed by atoms with Crippen molar-refractivity contribution in [2.24, 2.45) is 5.41 Å². The van der Waals surface area contributed by atoms with Gasteiger partial charge >= 0.3 is 0 Å². The third-order valence-corrected chi connectivity index (χ3v) is 3.50. The Morgan fingerprint density at radius 3 is 2.47 bits per heavy atom. The van der Waals surface area contributed by atoms with Crippen molar-refractivity contribution in [1.82, 2.24) is 5.32 Å². The van der Waals surface area contributed by atoms with E-state index < -0.39 is 0 Å². The fourth-order valence-electron chi connectivity index (χ4n) is 2.29. The molecule has 0 amide bonds. The molecule has 0 aliphatic carbocycles. The first-order valence-corrected chi connectivity index (χ1v) is 6.50. The van der Waals surface area contributed by atoms with Crippen LogP contribution in [0.3, 0.4) is 0 Å². The van der Waals surface area contributed by atoms with Crippen molar-refractivity contribution >= 4 is 0 Å². The summed E-state index contributed by atoms with van der Waals surface area (Å²) in [6.07, 6.45) is 6.52. The Morgan fingerprint density at radius 1 is 1.27 bits per heavy atom. The van der Waals surface area contributed by atoms with E-state index in [2.05, 4.69) is 26.1 Å². The van der Waals surface area contributed by atoms with Crippen molar-refractivity contribution in [3.8, 4) is 0 Å². The van der Waals surface area contributed by atoms with Crippen molar-refractivity contribution in [3.05, 3.63) is 0 Å². The van der Waals surface area contributed by atoms with Gasteiger partial charge in [0.1, 0.15) is 0 Å². The first-order valence-electron chi connectivity index (χ1n) is 6.50. The van der Waals surface area contributed by atoms with Gasteiger partial charge in [-0.1, -0.05) is 33.6 Å². The fourth-order valence-corrected chi connectivity index (χ4v) is 2.29. The van der Waals surface area contributed by atoms with Gasteiger partial charge in [0.05, 0.1) is 0 Å². The lowest BCUT2D eigenvalue weighted by Gasteiger charge is -2.38. The van der Waals surface area contributed by atoms with E-state index in [0.29, 0.717) is 11.5 Å². The van der Waals surface area contributed by atoms with E-state index in [4.69, 9.17) is 4.74 Å². The van der Waals surface area contributed by atoms with Crippen molar-refractivity contribution in [2.75, 3.05) is 19.8 Å². The van der Waals surface area contributed by atoms with Gasteiger partial charge in [0.2, 0.25) is 0 Å². The fraction of sp³-hybridized carbons (Fsp3) is 1.00. The molecule has 1 aliphatic heterocycles. The molecule has 0 aromatic carbocycles. The number of hydrogen-bond acceptors (Lipinski definition) is 2. The van der Waals surface area contributed by atoms with E-state index in [1.807, 2.05) is 0 Å². The average Bonchev–Trinajstić information content (AvgIpc) is 2.25. The molecule has 0 spiro atoms. The van der Waals surface area contributed by atoms with Crippen LogP contribution in [0.2, 0.25) is 0 Å². The van der Waals surface area contributed by atoms with Crippen LogP contribution in [0.1, 0.15) is 52.9 Å². The Bertz CT molecular complexity index is 162. The molecule has 0 radical (unpaired) electrons. The Hall–Kier alpha value is -0.0800. The number of rotatable bonds is 6. The molecule has 0 unspecified atom stereocenters. The Kier molecular flexibility index (Phi) is 5.62. The molecular formula is C13H27NO. The summed E-state index contributed by atoms with van der Waals surface area (Å²) in [6.45, 7) is 9.84. The lowest BCUT2D eigenvalue weighted by Crippen LogP contribution is -2.41. The van der Waals surface area contributed by atoms with Crippen LogP contribution in [0.5, 0.6) is 0 Å².